The number of hydrogen-bond acceptors (Lipinski definition) is 5. The Kier molecular flexibility index (Phi) is 6.32. The van der Waals surface area contributed by atoms with E-state index in [0.717, 1.165) is 15.7 Å². The monoisotopic (exact) mass is 400 g/mol. The van der Waals surface area contributed by atoms with Gasteiger partial charge in [0.15, 0.2) is 11.3 Å². The van der Waals surface area contributed by atoms with Crippen LogP contribution in [-0.4, -0.2) is 28.7 Å². The number of ether oxygens (including phenoxy) is 1. The maximum atomic E-state index is 12.1. The van der Waals surface area contributed by atoms with Crippen molar-refractivity contribution in [3.8, 4) is 0 Å². The molecule has 0 fully saturated rings. The molecule has 1 heterocycles. The first kappa shape index (κ1) is 19.2. The van der Waals surface area contributed by atoms with Gasteiger partial charge in [0.1, 0.15) is 0 Å². The van der Waals surface area contributed by atoms with Gasteiger partial charge >= 0.3 is 5.97 Å². The number of nitrogens with one attached hydrogen (secondary N) is 1. The minimum Gasteiger partial charge on any atom is -0.452 e. The molecule has 5 nitrogen and oxygen atoms in total. The quantitative estimate of drug-likeness (QED) is 0.373. The van der Waals surface area contributed by atoms with Crippen molar-refractivity contribution in [2.45, 2.75) is 17.9 Å². The van der Waals surface area contributed by atoms with E-state index >= 15 is 0 Å². The van der Waals surface area contributed by atoms with Crippen molar-refractivity contribution in [3.05, 3.63) is 65.9 Å². The molecule has 0 aliphatic carbocycles. The molecule has 3 rings (SSSR count). The molecular weight excluding hydrogens is 384 g/mol. The predicted octanol–water partition coefficient (Wildman–Crippen LogP) is 4.55. The van der Waals surface area contributed by atoms with E-state index in [9.17, 15) is 9.59 Å². The Hall–Kier alpha value is -2.57. The van der Waals surface area contributed by atoms with Crippen LogP contribution in [0.4, 0.5) is 5.69 Å². The van der Waals surface area contributed by atoms with Crippen LogP contribution >= 0.6 is 23.4 Å². The van der Waals surface area contributed by atoms with Gasteiger partial charge in [-0.3, -0.25) is 9.59 Å². The zero-order valence-corrected chi connectivity index (χ0v) is 16.1. The van der Waals surface area contributed by atoms with Crippen LogP contribution in [0, 0.1) is 0 Å². The number of aromatic nitrogens is 1. The lowest BCUT2D eigenvalue weighted by Crippen LogP contribution is -2.30. The van der Waals surface area contributed by atoms with Crippen molar-refractivity contribution in [3.63, 3.8) is 0 Å². The number of halogens is 1. The standard InChI is InChI=1S/C20H17ClN2O3S/c1-13(20(25)23-17-7-4-10-22-19(17)21)26-18(24)12-27-16-9-8-14-5-2-3-6-15(14)11-16/h2-11,13H,12H2,1H3,(H,23,25). The highest BCUT2D eigenvalue weighted by Gasteiger charge is 2.19. The highest BCUT2D eigenvalue weighted by molar-refractivity contribution is 8.00. The Morgan fingerprint density at radius 3 is 2.70 bits per heavy atom. The van der Waals surface area contributed by atoms with E-state index in [0.29, 0.717) is 5.69 Å². The van der Waals surface area contributed by atoms with Crippen molar-refractivity contribution in [2.24, 2.45) is 0 Å². The van der Waals surface area contributed by atoms with Gasteiger partial charge in [0.2, 0.25) is 0 Å². The molecule has 7 heteroatoms. The summed E-state index contributed by atoms with van der Waals surface area (Å²) < 4.78 is 5.20. The summed E-state index contributed by atoms with van der Waals surface area (Å²) in [6, 6.07) is 17.3. The Bertz CT molecular complexity index is 980. The molecule has 3 aromatic rings. The van der Waals surface area contributed by atoms with E-state index in [1.807, 2.05) is 42.5 Å². The molecule has 1 aromatic heterocycles. The molecular formula is C20H17ClN2O3S. The lowest BCUT2D eigenvalue weighted by molar-refractivity contribution is -0.150. The molecule has 1 atom stereocenters. The maximum absolute atomic E-state index is 12.1. The fraction of sp³-hybridized carbons (Fsp3) is 0.150. The summed E-state index contributed by atoms with van der Waals surface area (Å²) in [6.45, 7) is 1.51. The van der Waals surface area contributed by atoms with E-state index in [1.165, 1.54) is 24.9 Å². The molecule has 0 saturated carbocycles. The zero-order chi connectivity index (χ0) is 19.2. The van der Waals surface area contributed by atoms with Gasteiger partial charge in [-0.15, -0.1) is 11.8 Å². The molecule has 0 aliphatic rings. The summed E-state index contributed by atoms with van der Waals surface area (Å²) in [5.74, 6) is -0.814. The van der Waals surface area contributed by atoms with E-state index in [4.69, 9.17) is 16.3 Å². The highest BCUT2D eigenvalue weighted by Crippen LogP contribution is 2.24. The van der Waals surface area contributed by atoms with E-state index in [-0.39, 0.29) is 10.9 Å². The normalized spacial score (nSPS) is 11.8. The number of benzene rings is 2. The number of carbonyl (C=O) groups is 2. The zero-order valence-electron chi connectivity index (χ0n) is 14.5. The second kappa shape index (κ2) is 8.88. The number of hydrogen-bond donors (Lipinski definition) is 1. The van der Waals surface area contributed by atoms with Crippen LogP contribution in [0.1, 0.15) is 6.92 Å². The molecule has 0 aliphatic heterocycles. The van der Waals surface area contributed by atoms with Crippen LogP contribution in [0.2, 0.25) is 5.15 Å². The van der Waals surface area contributed by atoms with Gasteiger partial charge in [0.05, 0.1) is 11.4 Å². The van der Waals surface area contributed by atoms with Crippen molar-refractivity contribution < 1.29 is 14.3 Å². The van der Waals surface area contributed by atoms with Gasteiger partial charge in [0.25, 0.3) is 5.91 Å². The van der Waals surface area contributed by atoms with Gasteiger partial charge in [0, 0.05) is 11.1 Å². The Balaban J connectivity index is 1.52. The molecule has 1 amide bonds. The SMILES string of the molecule is CC(OC(=O)CSc1ccc2ccccc2c1)C(=O)Nc1cccnc1Cl. The number of rotatable bonds is 6. The summed E-state index contributed by atoms with van der Waals surface area (Å²) in [6.07, 6.45) is 0.580. The van der Waals surface area contributed by atoms with Gasteiger partial charge in [-0.1, -0.05) is 41.9 Å². The first-order valence-electron chi connectivity index (χ1n) is 8.25. The summed E-state index contributed by atoms with van der Waals surface area (Å²) in [5.41, 5.74) is 0.373. The van der Waals surface area contributed by atoms with E-state index in [2.05, 4.69) is 10.3 Å². The Labute approximate surface area is 166 Å². The fourth-order valence-corrected chi connectivity index (χ4v) is 3.29. The maximum Gasteiger partial charge on any atom is 0.317 e. The average molecular weight is 401 g/mol. The molecule has 0 saturated heterocycles. The number of esters is 1. The number of amides is 1. The minimum absolute atomic E-state index is 0.115. The third-order valence-electron chi connectivity index (χ3n) is 3.77. The molecule has 2 aromatic carbocycles. The Morgan fingerprint density at radius 2 is 1.93 bits per heavy atom. The topological polar surface area (TPSA) is 68.3 Å². The fourth-order valence-electron chi connectivity index (χ4n) is 2.40. The summed E-state index contributed by atoms with van der Waals surface area (Å²) in [4.78, 5) is 29.0. The third kappa shape index (κ3) is 5.21. The molecule has 0 radical (unpaired) electrons. The Morgan fingerprint density at radius 1 is 1.15 bits per heavy atom. The average Bonchev–Trinajstić information content (AvgIpc) is 2.68. The van der Waals surface area contributed by atoms with Gasteiger partial charge < -0.3 is 10.1 Å². The lowest BCUT2D eigenvalue weighted by Gasteiger charge is -2.14. The second-order valence-electron chi connectivity index (χ2n) is 5.76. The molecule has 0 bridgehead atoms. The van der Waals surface area contributed by atoms with Crippen LogP contribution in [0.3, 0.4) is 0 Å². The van der Waals surface area contributed by atoms with Crippen LogP contribution in [0.5, 0.6) is 0 Å². The van der Waals surface area contributed by atoms with E-state index < -0.39 is 18.0 Å². The summed E-state index contributed by atoms with van der Waals surface area (Å²) in [5, 5.41) is 5.02. The van der Waals surface area contributed by atoms with Crippen LogP contribution < -0.4 is 5.32 Å². The smallest absolute Gasteiger partial charge is 0.317 e. The van der Waals surface area contributed by atoms with Crippen molar-refractivity contribution in [1.29, 1.82) is 0 Å². The minimum atomic E-state index is -0.939. The van der Waals surface area contributed by atoms with Crippen molar-refractivity contribution >= 4 is 51.7 Å². The first-order chi connectivity index (χ1) is 13.0. The van der Waals surface area contributed by atoms with Crippen LogP contribution in [-0.2, 0) is 14.3 Å². The van der Waals surface area contributed by atoms with Gasteiger partial charge in [-0.2, -0.15) is 0 Å². The van der Waals surface area contributed by atoms with Crippen molar-refractivity contribution in [2.75, 3.05) is 11.1 Å². The number of nitrogens with zero attached hydrogens (tertiary/aromatic N) is 1. The second-order valence-corrected chi connectivity index (χ2v) is 7.17. The number of anilines is 1. The third-order valence-corrected chi connectivity index (χ3v) is 5.04. The summed E-state index contributed by atoms with van der Waals surface area (Å²) >= 11 is 7.27. The molecule has 27 heavy (non-hydrogen) atoms. The van der Waals surface area contributed by atoms with Crippen LogP contribution in [0.25, 0.3) is 10.8 Å². The van der Waals surface area contributed by atoms with Crippen LogP contribution in [0.15, 0.2) is 65.7 Å². The molecule has 138 valence electrons. The molecule has 0 spiro atoms. The summed E-state index contributed by atoms with van der Waals surface area (Å²) in [7, 11) is 0. The van der Waals surface area contributed by atoms with E-state index in [1.54, 1.807) is 12.1 Å². The number of pyridine rings is 1. The van der Waals surface area contributed by atoms with Gasteiger partial charge in [-0.25, -0.2) is 4.98 Å². The lowest BCUT2D eigenvalue weighted by atomic mass is 10.1. The first-order valence-corrected chi connectivity index (χ1v) is 9.62. The molecule has 1 N–H and O–H groups in total. The number of thioether (sulfide) groups is 1. The molecule has 1 unspecified atom stereocenters. The largest absolute Gasteiger partial charge is 0.452 e. The predicted molar refractivity (Wildman–Crippen MR) is 108 cm³/mol. The highest BCUT2D eigenvalue weighted by atomic mass is 35.5. The number of fused-ring (bicyclic) bond motifs is 1. The van der Waals surface area contributed by atoms with Crippen molar-refractivity contribution in [1.82, 2.24) is 4.98 Å². The van der Waals surface area contributed by atoms with Gasteiger partial charge in [-0.05, 0) is 42.0 Å². The number of carbonyl (C=O) groups excluding carboxylic acids is 2.